The van der Waals surface area contributed by atoms with E-state index in [9.17, 15) is 9.59 Å². The van der Waals surface area contributed by atoms with Crippen LogP contribution in [0, 0.1) is 0 Å². The normalized spacial score (nSPS) is 9.88. The molecule has 0 radical (unpaired) electrons. The Bertz CT molecular complexity index is 586. The molecule has 0 unspecified atom stereocenters. The summed E-state index contributed by atoms with van der Waals surface area (Å²) in [6.07, 6.45) is 1.72. The van der Waals surface area contributed by atoms with Gasteiger partial charge in [-0.05, 0) is 18.2 Å². The van der Waals surface area contributed by atoms with Gasteiger partial charge in [-0.15, -0.1) is 0 Å². The molecule has 0 aliphatic carbocycles. The van der Waals surface area contributed by atoms with Gasteiger partial charge < -0.3 is 9.72 Å². The van der Waals surface area contributed by atoms with E-state index < -0.39 is 12.0 Å². The first-order chi connectivity index (χ1) is 8.20. The van der Waals surface area contributed by atoms with Crippen LogP contribution in [0.2, 0.25) is 0 Å². The van der Waals surface area contributed by atoms with Crippen LogP contribution in [-0.2, 0) is 4.79 Å². The number of hydrogen-bond donors (Lipinski definition) is 2. The molecule has 1 aromatic carbocycles. The molecule has 1 heterocycles. The predicted octanol–water partition coefficient (Wildman–Crippen LogP) is 1.97. The lowest BCUT2D eigenvalue weighted by Crippen LogP contribution is -2.31. The standard InChI is InChI=1S/C12H10N2O3/c1-2-11(15)14-12(16)17-10-7-13-9-6-4-3-5-8(9)10/h2-7,13H,1H2,(H,14,15,16). The minimum Gasteiger partial charge on any atom is -0.408 e. The first-order valence-corrected chi connectivity index (χ1v) is 4.92. The lowest BCUT2D eigenvalue weighted by atomic mass is 10.2. The topological polar surface area (TPSA) is 71.2 Å². The number of benzene rings is 1. The number of carbonyl (C=O) groups is 2. The van der Waals surface area contributed by atoms with Crippen LogP contribution in [0.25, 0.3) is 10.9 Å². The Hall–Kier alpha value is -2.56. The van der Waals surface area contributed by atoms with Gasteiger partial charge in [0.1, 0.15) is 0 Å². The van der Waals surface area contributed by atoms with E-state index >= 15 is 0 Å². The highest BCUT2D eigenvalue weighted by atomic mass is 16.6. The molecule has 2 N–H and O–H groups in total. The van der Waals surface area contributed by atoms with Gasteiger partial charge in [0, 0.05) is 17.1 Å². The van der Waals surface area contributed by atoms with Crippen LogP contribution >= 0.6 is 0 Å². The fraction of sp³-hybridized carbons (Fsp3) is 0. The minimum atomic E-state index is -0.834. The van der Waals surface area contributed by atoms with Crippen molar-refractivity contribution >= 4 is 22.9 Å². The molecule has 2 aromatic rings. The highest BCUT2D eigenvalue weighted by molar-refractivity contribution is 5.99. The molecular formula is C12H10N2O3. The van der Waals surface area contributed by atoms with E-state index in [2.05, 4.69) is 11.6 Å². The van der Waals surface area contributed by atoms with E-state index in [-0.39, 0.29) is 0 Å². The molecule has 0 bridgehead atoms. The fourth-order valence-corrected chi connectivity index (χ4v) is 1.41. The van der Waals surface area contributed by atoms with Gasteiger partial charge in [-0.25, -0.2) is 4.79 Å². The van der Waals surface area contributed by atoms with Crippen molar-refractivity contribution in [3.63, 3.8) is 0 Å². The predicted molar refractivity (Wildman–Crippen MR) is 62.7 cm³/mol. The van der Waals surface area contributed by atoms with Crippen LogP contribution in [0.15, 0.2) is 43.1 Å². The van der Waals surface area contributed by atoms with E-state index in [1.54, 1.807) is 6.20 Å². The van der Waals surface area contributed by atoms with Gasteiger partial charge in [0.2, 0.25) is 0 Å². The van der Waals surface area contributed by atoms with Gasteiger partial charge in [0.05, 0.1) is 0 Å². The number of para-hydroxylation sites is 1. The van der Waals surface area contributed by atoms with Crippen molar-refractivity contribution in [1.29, 1.82) is 0 Å². The second kappa shape index (κ2) is 4.52. The van der Waals surface area contributed by atoms with Gasteiger partial charge in [-0.2, -0.15) is 0 Å². The van der Waals surface area contributed by atoms with Gasteiger partial charge in [-0.3, -0.25) is 10.1 Å². The average Bonchev–Trinajstić information content (AvgIpc) is 2.72. The molecule has 2 rings (SSSR count). The minimum absolute atomic E-state index is 0.370. The third-order valence-corrected chi connectivity index (χ3v) is 2.16. The zero-order chi connectivity index (χ0) is 12.3. The van der Waals surface area contributed by atoms with Gasteiger partial charge >= 0.3 is 6.09 Å². The Kier molecular flexibility index (Phi) is 2.91. The van der Waals surface area contributed by atoms with Crippen molar-refractivity contribution in [2.75, 3.05) is 0 Å². The highest BCUT2D eigenvalue weighted by Gasteiger charge is 2.10. The largest absolute Gasteiger partial charge is 0.419 e. The Morgan fingerprint density at radius 3 is 2.88 bits per heavy atom. The lowest BCUT2D eigenvalue weighted by Gasteiger charge is -2.02. The molecule has 5 nitrogen and oxygen atoms in total. The fourth-order valence-electron chi connectivity index (χ4n) is 1.41. The summed E-state index contributed by atoms with van der Waals surface area (Å²) in [6.45, 7) is 3.23. The molecule has 5 heteroatoms. The van der Waals surface area contributed by atoms with E-state index in [0.717, 1.165) is 17.0 Å². The van der Waals surface area contributed by atoms with E-state index in [1.807, 2.05) is 29.6 Å². The van der Waals surface area contributed by atoms with E-state index in [1.165, 1.54) is 0 Å². The zero-order valence-corrected chi connectivity index (χ0v) is 8.90. The van der Waals surface area contributed by atoms with Gasteiger partial charge in [-0.1, -0.05) is 18.7 Å². The number of amides is 2. The van der Waals surface area contributed by atoms with Crippen molar-refractivity contribution in [1.82, 2.24) is 10.3 Å². The SMILES string of the molecule is C=CC(=O)NC(=O)Oc1c[nH]c2ccccc12. The second-order valence-electron chi connectivity index (χ2n) is 3.28. The van der Waals surface area contributed by atoms with Crippen LogP contribution in [0.1, 0.15) is 0 Å². The van der Waals surface area contributed by atoms with Crippen molar-refractivity contribution in [3.8, 4) is 5.75 Å². The summed E-state index contributed by atoms with van der Waals surface area (Å²) in [5.41, 5.74) is 0.852. The summed E-state index contributed by atoms with van der Waals surface area (Å²) in [5, 5.41) is 2.77. The summed E-state index contributed by atoms with van der Waals surface area (Å²) in [7, 11) is 0. The molecule has 0 fully saturated rings. The molecule has 2 amide bonds. The summed E-state index contributed by atoms with van der Waals surface area (Å²) in [4.78, 5) is 25.1. The van der Waals surface area contributed by atoms with Gasteiger partial charge in [0.25, 0.3) is 5.91 Å². The first-order valence-electron chi connectivity index (χ1n) is 4.92. The Morgan fingerprint density at radius 2 is 2.12 bits per heavy atom. The average molecular weight is 230 g/mol. The summed E-state index contributed by atoms with van der Waals surface area (Å²) < 4.78 is 4.99. The van der Waals surface area contributed by atoms with Gasteiger partial charge in [0.15, 0.2) is 5.75 Å². The highest BCUT2D eigenvalue weighted by Crippen LogP contribution is 2.24. The van der Waals surface area contributed by atoms with Crippen LogP contribution in [0.4, 0.5) is 4.79 Å². The Balaban J connectivity index is 2.16. The first kappa shape index (κ1) is 10.9. The molecule has 0 atom stereocenters. The van der Waals surface area contributed by atoms with Crippen molar-refractivity contribution < 1.29 is 14.3 Å². The van der Waals surface area contributed by atoms with E-state index in [4.69, 9.17) is 4.74 Å². The Morgan fingerprint density at radius 1 is 1.35 bits per heavy atom. The summed E-state index contributed by atoms with van der Waals surface area (Å²) in [5.74, 6) is -0.232. The number of carbonyl (C=O) groups excluding carboxylic acids is 2. The molecular weight excluding hydrogens is 220 g/mol. The van der Waals surface area contributed by atoms with Crippen LogP contribution in [-0.4, -0.2) is 17.0 Å². The molecule has 86 valence electrons. The van der Waals surface area contributed by atoms with Crippen molar-refractivity contribution in [3.05, 3.63) is 43.1 Å². The lowest BCUT2D eigenvalue weighted by molar-refractivity contribution is -0.115. The third-order valence-electron chi connectivity index (χ3n) is 2.16. The summed E-state index contributed by atoms with van der Waals surface area (Å²) in [6, 6.07) is 7.36. The number of imide groups is 1. The maximum atomic E-state index is 11.3. The zero-order valence-electron chi connectivity index (χ0n) is 8.90. The number of rotatable bonds is 2. The second-order valence-corrected chi connectivity index (χ2v) is 3.28. The summed E-state index contributed by atoms with van der Waals surface area (Å²) >= 11 is 0. The quantitative estimate of drug-likeness (QED) is 0.775. The molecule has 0 spiro atoms. The number of aromatic nitrogens is 1. The maximum absolute atomic E-state index is 11.3. The smallest absolute Gasteiger partial charge is 0.408 e. The monoisotopic (exact) mass is 230 g/mol. The number of ether oxygens (including phenoxy) is 1. The molecule has 17 heavy (non-hydrogen) atoms. The molecule has 0 saturated heterocycles. The third kappa shape index (κ3) is 2.34. The van der Waals surface area contributed by atoms with E-state index in [0.29, 0.717) is 5.75 Å². The van der Waals surface area contributed by atoms with Crippen LogP contribution in [0.5, 0.6) is 5.75 Å². The van der Waals surface area contributed by atoms with Crippen molar-refractivity contribution in [2.24, 2.45) is 0 Å². The number of nitrogens with one attached hydrogen (secondary N) is 2. The number of aromatic amines is 1. The maximum Gasteiger partial charge on any atom is 0.419 e. The van der Waals surface area contributed by atoms with Crippen LogP contribution < -0.4 is 10.1 Å². The number of H-pyrrole nitrogens is 1. The molecule has 0 aliphatic rings. The van der Waals surface area contributed by atoms with Crippen LogP contribution in [0.3, 0.4) is 0 Å². The molecule has 0 aliphatic heterocycles. The molecule has 0 saturated carbocycles. The Labute approximate surface area is 97.1 Å². The van der Waals surface area contributed by atoms with Crippen molar-refractivity contribution in [2.45, 2.75) is 0 Å². The molecule has 1 aromatic heterocycles. The number of hydrogen-bond acceptors (Lipinski definition) is 3. The number of fused-ring (bicyclic) bond motifs is 1.